The first-order valence-corrected chi connectivity index (χ1v) is 14.2. The zero-order chi connectivity index (χ0) is 24.5. The quantitative estimate of drug-likeness (QED) is 0.612. The molecule has 1 atom stereocenters. The zero-order valence-corrected chi connectivity index (χ0v) is 21.5. The van der Waals surface area contributed by atoms with Crippen LogP contribution in [0.25, 0.3) is 0 Å². The number of nitrogens with zero attached hydrogens (tertiary/aromatic N) is 4. The summed E-state index contributed by atoms with van der Waals surface area (Å²) in [7, 11) is -3.61. The first-order chi connectivity index (χ1) is 16.3. The van der Waals surface area contributed by atoms with Crippen LogP contribution in [0.5, 0.6) is 0 Å². The summed E-state index contributed by atoms with van der Waals surface area (Å²) in [5, 5.41) is 0. The third-order valence-corrected chi connectivity index (χ3v) is 9.73. The fourth-order valence-corrected chi connectivity index (χ4v) is 7.34. The van der Waals surface area contributed by atoms with Crippen molar-refractivity contribution in [3.05, 3.63) is 23.8 Å². The Labute approximate surface area is 203 Å². The molecule has 34 heavy (non-hydrogen) atoms. The van der Waals surface area contributed by atoms with Gasteiger partial charge in [0.15, 0.2) is 0 Å². The van der Waals surface area contributed by atoms with Crippen molar-refractivity contribution in [2.45, 2.75) is 76.3 Å². The van der Waals surface area contributed by atoms with E-state index in [1.165, 1.54) is 30.5 Å². The molecule has 1 aromatic carbocycles. The van der Waals surface area contributed by atoms with E-state index in [1.54, 1.807) is 23.1 Å². The number of carbonyl (C=O) groups is 2. The van der Waals surface area contributed by atoms with Crippen LogP contribution in [0.3, 0.4) is 0 Å². The molecule has 3 aliphatic rings. The molecule has 0 bridgehead atoms. The molecule has 8 nitrogen and oxygen atoms in total. The van der Waals surface area contributed by atoms with E-state index in [2.05, 4.69) is 4.90 Å². The molecule has 0 saturated carbocycles. The van der Waals surface area contributed by atoms with Gasteiger partial charge in [-0.2, -0.15) is 4.31 Å². The summed E-state index contributed by atoms with van der Waals surface area (Å²) in [5.74, 6) is -0.226. The molecule has 2 amide bonds. The van der Waals surface area contributed by atoms with Crippen LogP contribution in [0.2, 0.25) is 0 Å². The van der Waals surface area contributed by atoms with Crippen LogP contribution in [0.15, 0.2) is 23.1 Å². The summed E-state index contributed by atoms with van der Waals surface area (Å²) in [6.45, 7) is 9.62. The van der Waals surface area contributed by atoms with Crippen LogP contribution in [0.4, 0.5) is 5.69 Å². The molecule has 0 aromatic heterocycles. The number of carbonyl (C=O) groups excluding carboxylic acids is 2. The zero-order valence-electron chi connectivity index (χ0n) is 20.7. The molecule has 0 N–H and O–H groups in total. The summed E-state index contributed by atoms with van der Waals surface area (Å²) >= 11 is 0. The number of benzene rings is 1. The van der Waals surface area contributed by atoms with Gasteiger partial charge in [-0.25, -0.2) is 8.42 Å². The average molecular weight is 491 g/mol. The second-order valence-electron chi connectivity index (χ2n) is 9.64. The first kappa shape index (κ1) is 25.1. The van der Waals surface area contributed by atoms with E-state index >= 15 is 0 Å². The van der Waals surface area contributed by atoms with Gasteiger partial charge in [-0.1, -0.05) is 20.3 Å². The molecule has 0 unspecified atom stereocenters. The second kappa shape index (κ2) is 10.3. The predicted molar refractivity (Wildman–Crippen MR) is 132 cm³/mol. The molecule has 0 aliphatic carbocycles. The Kier molecular flexibility index (Phi) is 7.64. The number of rotatable bonds is 6. The van der Waals surface area contributed by atoms with Gasteiger partial charge in [0.1, 0.15) is 6.04 Å². The number of piperidine rings is 2. The van der Waals surface area contributed by atoms with Crippen molar-refractivity contribution < 1.29 is 18.0 Å². The first-order valence-electron chi connectivity index (χ1n) is 12.7. The normalized spacial score (nSPS) is 22.3. The van der Waals surface area contributed by atoms with Gasteiger partial charge in [0.2, 0.25) is 21.8 Å². The fraction of sp³-hybridized carbons (Fsp3) is 0.680. The van der Waals surface area contributed by atoms with Gasteiger partial charge in [0, 0.05) is 51.3 Å². The third kappa shape index (κ3) is 4.75. The van der Waals surface area contributed by atoms with Gasteiger partial charge in [-0.15, -0.1) is 0 Å². The fourth-order valence-electron chi connectivity index (χ4n) is 5.83. The summed E-state index contributed by atoms with van der Waals surface area (Å²) < 4.78 is 27.4. The lowest BCUT2D eigenvalue weighted by Gasteiger charge is -2.41. The topological polar surface area (TPSA) is 81.2 Å². The van der Waals surface area contributed by atoms with Crippen molar-refractivity contribution in [2.24, 2.45) is 0 Å². The van der Waals surface area contributed by atoms with Gasteiger partial charge in [0.05, 0.1) is 4.90 Å². The number of fused-ring (bicyclic) bond motifs is 1. The summed E-state index contributed by atoms with van der Waals surface area (Å²) in [4.78, 5) is 32.4. The largest absolute Gasteiger partial charge is 0.341 e. The molecule has 0 radical (unpaired) electrons. The maximum absolute atomic E-state index is 13.5. The van der Waals surface area contributed by atoms with Gasteiger partial charge in [0.25, 0.3) is 0 Å². The Morgan fingerprint density at radius 3 is 2.24 bits per heavy atom. The molecule has 2 saturated heterocycles. The summed E-state index contributed by atoms with van der Waals surface area (Å²) in [6.07, 6.45) is 6.13. The minimum Gasteiger partial charge on any atom is -0.341 e. The van der Waals surface area contributed by atoms with Gasteiger partial charge < -0.3 is 9.80 Å². The van der Waals surface area contributed by atoms with Crippen LogP contribution in [0.1, 0.15) is 58.4 Å². The van der Waals surface area contributed by atoms with Gasteiger partial charge in [-0.3, -0.25) is 14.5 Å². The molecule has 3 aliphatic heterocycles. The minimum absolute atomic E-state index is 0.0309. The van der Waals surface area contributed by atoms with Crippen molar-refractivity contribution in [2.75, 3.05) is 44.2 Å². The highest BCUT2D eigenvalue weighted by molar-refractivity contribution is 7.89. The van der Waals surface area contributed by atoms with E-state index in [4.69, 9.17) is 0 Å². The Bertz CT molecular complexity index is 1010. The molecule has 2 fully saturated rings. The van der Waals surface area contributed by atoms with Crippen LogP contribution in [-0.4, -0.2) is 85.7 Å². The highest BCUT2D eigenvalue weighted by Crippen LogP contribution is 2.36. The molecule has 0 spiro atoms. The van der Waals surface area contributed by atoms with Crippen molar-refractivity contribution >= 4 is 27.5 Å². The Morgan fingerprint density at radius 2 is 1.65 bits per heavy atom. The number of hydrogen-bond acceptors (Lipinski definition) is 5. The molecular weight excluding hydrogens is 452 g/mol. The van der Waals surface area contributed by atoms with Crippen molar-refractivity contribution in [1.29, 1.82) is 0 Å². The van der Waals surface area contributed by atoms with Crippen molar-refractivity contribution in [3.8, 4) is 0 Å². The Balaban J connectivity index is 1.50. The van der Waals surface area contributed by atoms with Crippen LogP contribution in [0, 0.1) is 0 Å². The lowest BCUT2D eigenvalue weighted by atomic mass is 9.99. The van der Waals surface area contributed by atoms with Gasteiger partial charge in [-0.05, 0) is 62.5 Å². The molecule has 4 rings (SSSR count). The highest BCUT2D eigenvalue weighted by atomic mass is 32.2. The van der Waals surface area contributed by atoms with Crippen molar-refractivity contribution in [3.63, 3.8) is 0 Å². The maximum atomic E-state index is 13.5. The van der Waals surface area contributed by atoms with E-state index in [0.29, 0.717) is 44.3 Å². The van der Waals surface area contributed by atoms with E-state index in [1.807, 2.05) is 18.7 Å². The van der Waals surface area contributed by atoms with Crippen LogP contribution in [-0.2, 0) is 26.0 Å². The molecule has 1 aromatic rings. The monoisotopic (exact) mass is 490 g/mol. The van der Waals surface area contributed by atoms with E-state index in [-0.39, 0.29) is 16.7 Å². The lowest BCUT2D eigenvalue weighted by molar-refractivity contribution is -0.135. The standard InChI is InChI=1S/C25H38N4O4S/c1-4-28(5-2)34(32,33)22-9-10-23-20(17-22)18-24(29(23)19(3)30)25(31)27-15-11-21(12-16-27)26-13-7-6-8-14-26/h9-10,17,21,24H,4-8,11-16,18H2,1-3H3/t24-/m1/s1. The van der Waals surface area contributed by atoms with Crippen LogP contribution < -0.4 is 4.90 Å². The second-order valence-corrected chi connectivity index (χ2v) is 11.6. The number of hydrogen-bond donors (Lipinski definition) is 0. The number of likely N-dealkylation sites (tertiary alicyclic amines) is 2. The highest BCUT2D eigenvalue weighted by Gasteiger charge is 2.41. The van der Waals surface area contributed by atoms with Crippen molar-refractivity contribution in [1.82, 2.24) is 14.1 Å². The minimum atomic E-state index is -3.61. The third-order valence-electron chi connectivity index (χ3n) is 7.69. The Hall–Kier alpha value is -1.97. The van der Waals surface area contributed by atoms with Gasteiger partial charge >= 0.3 is 0 Å². The van der Waals surface area contributed by atoms with E-state index in [9.17, 15) is 18.0 Å². The average Bonchev–Trinajstić information content (AvgIpc) is 3.24. The number of sulfonamides is 1. The molecule has 9 heteroatoms. The smallest absolute Gasteiger partial charge is 0.246 e. The number of amides is 2. The SMILES string of the molecule is CCN(CC)S(=O)(=O)c1ccc2c(c1)C[C@H](C(=O)N1CCC(N3CCCCC3)CC1)N2C(C)=O. The number of anilines is 1. The lowest BCUT2D eigenvalue weighted by Crippen LogP contribution is -2.53. The van der Waals surface area contributed by atoms with E-state index < -0.39 is 16.1 Å². The molecular formula is C25H38N4O4S. The molecule has 3 heterocycles. The van der Waals surface area contributed by atoms with E-state index in [0.717, 1.165) is 31.5 Å². The predicted octanol–water partition coefficient (Wildman–Crippen LogP) is 2.47. The Morgan fingerprint density at radius 1 is 1.00 bits per heavy atom. The summed E-state index contributed by atoms with van der Waals surface area (Å²) in [6, 6.07) is 4.82. The molecule has 188 valence electrons. The van der Waals surface area contributed by atoms with Crippen LogP contribution >= 0.6 is 0 Å². The maximum Gasteiger partial charge on any atom is 0.246 e. The summed E-state index contributed by atoms with van der Waals surface area (Å²) in [5.41, 5.74) is 1.39.